The maximum absolute atomic E-state index is 12.4. The highest BCUT2D eigenvalue weighted by Gasteiger charge is 2.29. The Morgan fingerprint density at radius 2 is 2.05 bits per heavy atom. The minimum atomic E-state index is -4.23. The van der Waals surface area contributed by atoms with E-state index in [2.05, 4.69) is 9.88 Å². The number of imidazole rings is 1. The molecule has 20 heavy (non-hydrogen) atoms. The zero-order valence-corrected chi connectivity index (χ0v) is 11.5. The van der Waals surface area contributed by atoms with Crippen LogP contribution in [-0.4, -0.2) is 44.9 Å². The van der Waals surface area contributed by atoms with Crippen LogP contribution in [0.3, 0.4) is 0 Å². The second kappa shape index (κ2) is 6.13. The summed E-state index contributed by atoms with van der Waals surface area (Å²) in [5, 5.41) is 9.53. The van der Waals surface area contributed by atoms with E-state index in [-0.39, 0.29) is 6.10 Å². The number of rotatable bonds is 4. The number of nitrogens with zero attached hydrogens (tertiary/aromatic N) is 3. The topological polar surface area (TPSA) is 41.3 Å². The third-order valence-corrected chi connectivity index (χ3v) is 3.83. The first-order valence-electron chi connectivity index (χ1n) is 6.82. The Morgan fingerprint density at radius 1 is 1.40 bits per heavy atom. The molecule has 114 valence electrons. The van der Waals surface area contributed by atoms with Gasteiger partial charge in [0.15, 0.2) is 0 Å². The molecule has 7 heteroatoms. The van der Waals surface area contributed by atoms with Crippen LogP contribution in [-0.2, 0) is 13.1 Å². The number of aromatic nitrogens is 2. The average Bonchev–Trinajstić information content (AvgIpc) is 2.75. The van der Waals surface area contributed by atoms with Crippen molar-refractivity contribution in [3.63, 3.8) is 0 Å². The maximum Gasteiger partial charge on any atom is 0.406 e. The fourth-order valence-electron chi connectivity index (χ4n) is 2.62. The van der Waals surface area contributed by atoms with Crippen LogP contribution in [0.15, 0.2) is 12.4 Å². The molecule has 1 aromatic rings. The lowest BCUT2D eigenvalue weighted by atomic mass is 9.92. The molecule has 1 aliphatic rings. The fourth-order valence-corrected chi connectivity index (χ4v) is 2.62. The van der Waals surface area contributed by atoms with Gasteiger partial charge in [-0.05, 0) is 38.8 Å². The van der Waals surface area contributed by atoms with Gasteiger partial charge in [0.25, 0.3) is 0 Å². The van der Waals surface area contributed by atoms with Crippen molar-refractivity contribution >= 4 is 0 Å². The second-order valence-electron chi connectivity index (χ2n) is 5.44. The highest BCUT2D eigenvalue weighted by atomic mass is 19.4. The van der Waals surface area contributed by atoms with Crippen LogP contribution in [0.4, 0.5) is 13.2 Å². The van der Waals surface area contributed by atoms with Gasteiger partial charge in [0.2, 0.25) is 0 Å². The van der Waals surface area contributed by atoms with Gasteiger partial charge in [0.1, 0.15) is 12.4 Å². The molecule has 0 aromatic carbocycles. The van der Waals surface area contributed by atoms with Crippen molar-refractivity contribution in [1.82, 2.24) is 14.5 Å². The molecule has 0 saturated carbocycles. The zero-order chi connectivity index (χ0) is 14.8. The van der Waals surface area contributed by atoms with Crippen molar-refractivity contribution in [2.45, 2.75) is 45.1 Å². The summed E-state index contributed by atoms with van der Waals surface area (Å²) in [4.78, 5) is 6.11. The second-order valence-corrected chi connectivity index (χ2v) is 5.44. The molecule has 1 fully saturated rings. The number of aliphatic hydroxyl groups excluding tert-OH is 1. The SMILES string of the molecule is C[C@@H](O)C1CCN(Cc2nccn2CC(F)(F)F)CC1. The molecule has 1 N–H and O–H groups in total. The summed E-state index contributed by atoms with van der Waals surface area (Å²) in [5.41, 5.74) is 0. The van der Waals surface area contributed by atoms with Gasteiger partial charge in [0.05, 0.1) is 12.6 Å². The first kappa shape index (κ1) is 15.3. The molecule has 1 aromatic heterocycles. The van der Waals surface area contributed by atoms with E-state index in [1.165, 1.54) is 12.4 Å². The van der Waals surface area contributed by atoms with Crippen LogP contribution >= 0.6 is 0 Å². The lowest BCUT2D eigenvalue weighted by Gasteiger charge is -2.33. The Bertz CT molecular complexity index is 423. The van der Waals surface area contributed by atoms with Crippen LogP contribution in [0, 0.1) is 5.92 Å². The lowest BCUT2D eigenvalue weighted by molar-refractivity contribution is -0.141. The van der Waals surface area contributed by atoms with Crippen LogP contribution in [0.5, 0.6) is 0 Å². The van der Waals surface area contributed by atoms with E-state index in [9.17, 15) is 18.3 Å². The Kier molecular flexibility index (Phi) is 4.70. The van der Waals surface area contributed by atoms with Crippen molar-refractivity contribution in [3.05, 3.63) is 18.2 Å². The summed E-state index contributed by atoms with van der Waals surface area (Å²) in [5.74, 6) is 0.735. The molecule has 0 spiro atoms. The molecule has 1 atom stereocenters. The standard InChI is InChI=1S/C13H20F3N3O/c1-10(20)11-2-5-18(6-3-11)8-12-17-4-7-19(12)9-13(14,15)16/h4,7,10-11,20H,2-3,5-6,8-9H2,1H3/t10-/m1/s1. The van der Waals surface area contributed by atoms with E-state index < -0.39 is 12.7 Å². The highest BCUT2D eigenvalue weighted by Crippen LogP contribution is 2.23. The van der Waals surface area contributed by atoms with E-state index in [4.69, 9.17) is 0 Å². The van der Waals surface area contributed by atoms with Crippen LogP contribution in [0.2, 0.25) is 0 Å². The average molecular weight is 291 g/mol. The lowest BCUT2D eigenvalue weighted by Crippen LogP contribution is -2.37. The molecule has 4 nitrogen and oxygen atoms in total. The van der Waals surface area contributed by atoms with Gasteiger partial charge in [-0.15, -0.1) is 0 Å². The van der Waals surface area contributed by atoms with Gasteiger partial charge < -0.3 is 9.67 Å². The number of hydrogen-bond donors (Lipinski definition) is 1. The minimum absolute atomic E-state index is 0.293. The van der Waals surface area contributed by atoms with Crippen molar-refractivity contribution in [1.29, 1.82) is 0 Å². The molecule has 0 aliphatic carbocycles. The van der Waals surface area contributed by atoms with Gasteiger partial charge in [-0.3, -0.25) is 4.90 Å². The monoisotopic (exact) mass is 291 g/mol. The normalized spacial score (nSPS) is 20.2. The Hall–Kier alpha value is -1.08. The molecule has 0 bridgehead atoms. The fraction of sp³-hybridized carbons (Fsp3) is 0.769. The van der Waals surface area contributed by atoms with Gasteiger partial charge in [-0.1, -0.05) is 0 Å². The first-order chi connectivity index (χ1) is 9.35. The summed E-state index contributed by atoms with van der Waals surface area (Å²) >= 11 is 0. The molecule has 0 radical (unpaired) electrons. The van der Waals surface area contributed by atoms with Crippen molar-refractivity contribution in [2.75, 3.05) is 13.1 Å². The number of hydrogen-bond acceptors (Lipinski definition) is 3. The van der Waals surface area contributed by atoms with E-state index in [1.54, 1.807) is 6.92 Å². The number of alkyl halides is 3. The molecule has 1 saturated heterocycles. The van der Waals surface area contributed by atoms with E-state index in [0.717, 1.165) is 30.5 Å². The van der Waals surface area contributed by atoms with Gasteiger partial charge in [0, 0.05) is 12.4 Å². The molecule has 0 amide bonds. The van der Waals surface area contributed by atoms with Crippen LogP contribution < -0.4 is 0 Å². The Balaban J connectivity index is 1.90. The van der Waals surface area contributed by atoms with Crippen LogP contribution in [0.25, 0.3) is 0 Å². The summed E-state index contributed by atoms with van der Waals surface area (Å²) in [6, 6.07) is 0. The summed E-state index contributed by atoms with van der Waals surface area (Å²) in [6.07, 6.45) is -0.0247. The smallest absolute Gasteiger partial charge is 0.393 e. The predicted molar refractivity (Wildman–Crippen MR) is 68.0 cm³/mol. The molecule has 2 rings (SSSR count). The van der Waals surface area contributed by atoms with Gasteiger partial charge in [-0.2, -0.15) is 13.2 Å². The molecule has 0 unspecified atom stereocenters. The quantitative estimate of drug-likeness (QED) is 0.923. The highest BCUT2D eigenvalue weighted by molar-refractivity contribution is 4.94. The number of halogens is 3. The Morgan fingerprint density at radius 3 is 2.60 bits per heavy atom. The van der Waals surface area contributed by atoms with E-state index in [0.29, 0.717) is 18.3 Å². The van der Waals surface area contributed by atoms with E-state index in [1.807, 2.05) is 0 Å². The summed E-state index contributed by atoms with van der Waals surface area (Å²) < 4.78 is 38.4. The van der Waals surface area contributed by atoms with Crippen molar-refractivity contribution in [3.8, 4) is 0 Å². The van der Waals surface area contributed by atoms with Crippen molar-refractivity contribution in [2.24, 2.45) is 5.92 Å². The number of likely N-dealkylation sites (tertiary alicyclic amines) is 1. The molecule has 2 heterocycles. The van der Waals surface area contributed by atoms with Gasteiger partial charge in [-0.25, -0.2) is 4.98 Å². The summed E-state index contributed by atoms with van der Waals surface area (Å²) in [7, 11) is 0. The predicted octanol–water partition coefficient (Wildman–Crippen LogP) is 2.04. The third-order valence-electron chi connectivity index (χ3n) is 3.83. The third kappa shape index (κ3) is 4.21. The molecular formula is C13H20F3N3O. The maximum atomic E-state index is 12.4. The number of piperidine rings is 1. The van der Waals surface area contributed by atoms with Crippen molar-refractivity contribution < 1.29 is 18.3 Å². The molecule has 1 aliphatic heterocycles. The number of aliphatic hydroxyl groups is 1. The van der Waals surface area contributed by atoms with Gasteiger partial charge >= 0.3 is 6.18 Å². The van der Waals surface area contributed by atoms with Crippen LogP contribution in [0.1, 0.15) is 25.6 Å². The zero-order valence-electron chi connectivity index (χ0n) is 11.5. The largest absolute Gasteiger partial charge is 0.406 e. The first-order valence-corrected chi connectivity index (χ1v) is 6.82. The molecular weight excluding hydrogens is 271 g/mol. The summed E-state index contributed by atoms with van der Waals surface area (Å²) in [6.45, 7) is 2.79. The van der Waals surface area contributed by atoms with E-state index >= 15 is 0 Å². The minimum Gasteiger partial charge on any atom is -0.393 e. The Labute approximate surface area is 116 Å².